The highest BCUT2D eigenvalue weighted by Gasteiger charge is 2.23. The number of nitrogens with one attached hydrogen (secondary N) is 1. The summed E-state index contributed by atoms with van der Waals surface area (Å²) < 4.78 is 1.80. The molecule has 3 nitrogen and oxygen atoms in total. The molecular weight excluding hydrogens is 248 g/mol. The van der Waals surface area contributed by atoms with Crippen molar-refractivity contribution in [3.8, 4) is 0 Å². The van der Waals surface area contributed by atoms with E-state index in [4.69, 9.17) is 0 Å². The lowest BCUT2D eigenvalue weighted by Gasteiger charge is -2.32. The Morgan fingerprint density at radius 3 is 2.80 bits per heavy atom. The molecular formula is C17H28N2O. The van der Waals surface area contributed by atoms with Crippen molar-refractivity contribution < 1.29 is 0 Å². The molecule has 0 amide bonds. The van der Waals surface area contributed by atoms with Crippen LogP contribution in [0.3, 0.4) is 0 Å². The van der Waals surface area contributed by atoms with Crippen LogP contribution in [0.4, 0.5) is 0 Å². The van der Waals surface area contributed by atoms with Gasteiger partial charge in [-0.2, -0.15) is 0 Å². The van der Waals surface area contributed by atoms with E-state index in [1.54, 1.807) is 16.7 Å². The average Bonchev–Trinajstić information content (AvgIpc) is 2.44. The van der Waals surface area contributed by atoms with Gasteiger partial charge in [0.05, 0.1) is 0 Å². The van der Waals surface area contributed by atoms with Gasteiger partial charge in [0, 0.05) is 24.8 Å². The number of hydrogen-bond donors (Lipinski definition) is 1. The Balaban J connectivity index is 1.60. The van der Waals surface area contributed by atoms with Crippen LogP contribution >= 0.6 is 0 Å². The van der Waals surface area contributed by atoms with Crippen LogP contribution in [0.25, 0.3) is 0 Å². The van der Waals surface area contributed by atoms with Crippen LogP contribution in [0.2, 0.25) is 0 Å². The zero-order chi connectivity index (χ0) is 14.4. The Hall–Kier alpha value is -1.09. The molecule has 2 rings (SSSR count). The first-order valence-electron chi connectivity index (χ1n) is 8.05. The Morgan fingerprint density at radius 2 is 2.05 bits per heavy atom. The first-order valence-corrected chi connectivity index (χ1v) is 8.05. The molecule has 20 heavy (non-hydrogen) atoms. The standard InChI is InChI=1S/C17H28N2O/c1-14-8-9-16(13-15(14)2)18-10-4-6-12-19-11-5-3-7-17(19)20/h3,5,7,11,14-16,18H,4,6,8-10,12-13H2,1-2H3/t14-,15+,16+/m1/s1. The minimum atomic E-state index is 0.107. The van der Waals surface area contributed by atoms with Gasteiger partial charge in [0.25, 0.3) is 0 Å². The molecule has 1 heterocycles. The van der Waals surface area contributed by atoms with E-state index >= 15 is 0 Å². The topological polar surface area (TPSA) is 34.0 Å². The third-order valence-corrected chi connectivity index (χ3v) is 4.76. The van der Waals surface area contributed by atoms with E-state index in [-0.39, 0.29) is 5.56 Å². The fourth-order valence-electron chi connectivity index (χ4n) is 3.09. The quantitative estimate of drug-likeness (QED) is 0.810. The lowest BCUT2D eigenvalue weighted by molar-refractivity contribution is 0.226. The number of pyridine rings is 1. The zero-order valence-corrected chi connectivity index (χ0v) is 12.8. The maximum absolute atomic E-state index is 11.5. The van der Waals surface area contributed by atoms with Gasteiger partial charge in [-0.05, 0) is 56.6 Å². The van der Waals surface area contributed by atoms with Crippen LogP contribution < -0.4 is 10.9 Å². The molecule has 1 aromatic heterocycles. The second-order valence-electron chi connectivity index (χ2n) is 6.36. The average molecular weight is 276 g/mol. The maximum Gasteiger partial charge on any atom is 0.250 e. The lowest BCUT2D eigenvalue weighted by Crippen LogP contribution is -2.36. The van der Waals surface area contributed by atoms with Gasteiger partial charge in [-0.1, -0.05) is 19.9 Å². The minimum absolute atomic E-state index is 0.107. The fraction of sp³-hybridized carbons (Fsp3) is 0.706. The molecule has 0 unspecified atom stereocenters. The largest absolute Gasteiger partial charge is 0.316 e. The number of aryl methyl sites for hydroxylation is 1. The molecule has 0 bridgehead atoms. The van der Waals surface area contributed by atoms with Crippen LogP contribution in [0.5, 0.6) is 0 Å². The Morgan fingerprint density at radius 1 is 1.20 bits per heavy atom. The number of nitrogens with zero attached hydrogens (tertiary/aromatic N) is 1. The van der Waals surface area contributed by atoms with Crippen LogP contribution in [-0.4, -0.2) is 17.2 Å². The lowest BCUT2D eigenvalue weighted by atomic mass is 9.79. The van der Waals surface area contributed by atoms with Gasteiger partial charge in [-0.3, -0.25) is 4.79 Å². The van der Waals surface area contributed by atoms with E-state index in [1.807, 2.05) is 12.3 Å². The SMILES string of the molecule is C[C@@H]1CC[C@H](NCCCCn2ccccc2=O)C[C@@H]1C. The van der Waals surface area contributed by atoms with Crippen LogP contribution in [0.15, 0.2) is 29.2 Å². The van der Waals surface area contributed by atoms with E-state index in [2.05, 4.69) is 19.2 Å². The molecule has 0 aromatic carbocycles. The van der Waals surface area contributed by atoms with E-state index in [9.17, 15) is 4.79 Å². The second kappa shape index (κ2) is 7.63. The molecule has 1 N–H and O–H groups in total. The highest BCUT2D eigenvalue weighted by Crippen LogP contribution is 2.29. The van der Waals surface area contributed by atoms with Gasteiger partial charge in [0.15, 0.2) is 0 Å². The van der Waals surface area contributed by atoms with E-state index in [0.717, 1.165) is 37.8 Å². The van der Waals surface area contributed by atoms with Crippen LogP contribution in [0, 0.1) is 11.8 Å². The van der Waals surface area contributed by atoms with Gasteiger partial charge >= 0.3 is 0 Å². The normalized spacial score (nSPS) is 26.6. The van der Waals surface area contributed by atoms with Crippen LogP contribution in [0.1, 0.15) is 46.0 Å². The predicted octanol–water partition coefficient (Wildman–Crippen LogP) is 3.04. The zero-order valence-electron chi connectivity index (χ0n) is 12.8. The molecule has 0 spiro atoms. The molecule has 0 aliphatic heterocycles. The van der Waals surface area contributed by atoms with E-state index in [1.165, 1.54) is 19.3 Å². The molecule has 0 saturated heterocycles. The molecule has 1 aliphatic rings. The summed E-state index contributed by atoms with van der Waals surface area (Å²) in [5.41, 5.74) is 0.107. The first-order chi connectivity index (χ1) is 9.66. The summed E-state index contributed by atoms with van der Waals surface area (Å²) in [6.07, 6.45) is 8.08. The van der Waals surface area contributed by atoms with Crippen molar-refractivity contribution in [2.75, 3.05) is 6.54 Å². The molecule has 3 atom stereocenters. The summed E-state index contributed by atoms with van der Waals surface area (Å²) in [5.74, 6) is 1.74. The van der Waals surface area contributed by atoms with E-state index in [0.29, 0.717) is 6.04 Å². The van der Waals surface area contributed by atoms with Gasteiger partial charge < -0.3 is 9.88 Å². The Labute approximate surface area is 122 Å². The summed E-state index contributed by atoms with van der Waals surface area (Å²) in [5, 5.41) is 3.69. The van der Waals surface area contributed by atoms with Crippen LogP contribution in [-0.2, 0) is 6.54 Å². The summed E-state index contributed by atoms with van der Waals surface area (Å²) in [6, 6.07) is 6.05. The summed E-state index contributed by atoms with van der Waals surface area (Å²) >= 11 is 0. The molecule has 1 aromatic rings. The molecule has 3 heteroatoms. The Kier molecular flexibility index (Phi) is 5.84. The first kappa shape index (κ1) is 15.3. The number of rotatable bonds is 6. The second-order valence-corrected chi connectivity index (χ2v) is 6.36. The summed E-state index contributed by atoms with van der Waals surface area (Å²) in [7, 11) is 0. The maximum atomic E-state index is 11.5. The molecule has 112 valence electrons. The van der Waals surface area contributed by atoms with Crippen molar-refractivity contribution in [3.63, 3.8) is 0 Å². The highest BCUT2D eigenvalue weighted by atomic mass is 16.1. The minimum Gasteiger partial charge on any atom is -0.316 e. The summed E-state index contributed by atoms with van der Waals surface area (Å²) in [6.45, 7) is 6.66. The van der Waals surface area contributed by atoms with Crippen molar-refractivity contribution in [1.29, 1.82) is 0 Å². The third kappa shape index (κ3) is 4.48. The van der Waals surface area contributed by atoms with Crippen molar-refractivity contribution in [2.45, 2.75) is 58.5 Å². The van der Waals surface area contributed by atoms with E-state index < -0.39 is 0 Å². The molecule has 1 aliphatic carbocycles. The van der Waals surface area contributed by atoms with Crippen molar-refractivity contribution in [2.24, 2.45) is 11.8 Å². The number of aromatic nitrogens is 1. The van der Waals surface area contributed by atoms with Gasteiger partial charge in [0.1, 0.15) is 0 Å². The summed E-state index contributed by atoms with van der Waals surface area (Å²) in [4.78, 5) is 11.5. The number of hydrogen-bond acceptors (Lipinski definition) is 2. The van der Waals surface area contributed by atoms with Gasteiger partial charge in [-0.15, -0.1) is 0 Å². The Bertz CT molecular complexity index is 454. The monoisotopic (exact) mass is 276 g/mol. The molecule has 1 saturated carbocycles. The molecule has 1 fully saturated rings. The fourth-order valence-corrected chi connectivity index (χ4v) is 3.09. The molecule has 0 radical (unpaired) electrons. The van der Waals surface area contributed by atoms with Gasteiger partial charge in [0.2, 0.25) is 5.56 Å². The van der Waals surface area contributed by atoms with Crippen molar-refractivity contribution in [1.82, 2.24) is 9.88 Å². The highest BCUT2D eigenvalue weighted by molar-refractivity contribution is 4.93. The number of unbranched alkanes of at least 4 members (excludes halogenated alkanes) is 1. The van der Waals surface area contributed by atoms with Crippen molar-refractivity contribution >= 4 is 0 Å². The van der Waals surface area contributed by atoms with Gasteiger partial charge in [-0.25, -0.2) is 0 Å². The smallest absolute Gasteiger partial charge is 0.250 e. The third-order valence-electron chi connectivity index (χ3n) is 4.76. The predicted molar refractivity (Wildman–Crippen MR) is 83.9 cm³/mol. The van der Waals surface area contributed by atoms with Crippen molar-refractivity contribution in [3.05, 3.63) is 34.7 Å².